The zero-order chi connectivity index (χ0) is 14.8. The van der Waals surface area contributed by atoms with Crippen LogP contribution in [0.15, 0.2) is 41.4 Å². The van der Waals surface area contributed by atoms with Crippen LogP contribution in [-0.4, -0.2) is 13.4 Å². The van der Waals surface area contributed by atoms with E-state index in [0.29, 0.717) is 5.02 Å². The quantitative estimate of drug-likeness (QED) is 0.857. The van der Waals surface area contributed by atoms with Crippen LogP contribution in [0.3, 0.4) is 0 Å². The van der Waals surface area contributed by atoms with Crippen LogP contribution in [0.5, 0.6) is 0 Å². The van der Waals surface area contributed by atoms with Crippen molar-refractivity contribution >= 4 is 44.8 Å². The second-order valence-electron chi connectivity index (χ2n) is 3.90. The average molecular weight is 352 g/mol. The summed E-state index contributed by atoms with van der Waals surface area (Å²) < 4.78 is 26.6. The third-order valence-corrected chi connectivity index (χ3v) is 4.73. The molecule has 0 saturated carbocycles. The number of pyridine rings is 1. The van der Waals surface area contributed by atoms with E-state index in [1.807, 2.05) is 0 Å². The number of halogens is 3. The van der Waals surface area contributed by atoms with Gasteiger partial charge in [-0.15, -0.1) is 0 Å². The first-order valence-electron chi connectivity index (χ1n) is 5.43. The molecular weight excluding hydrogens is 343 g/mol. The van der Waals surface area contributed by atoms with Crippen LogP contribution >= 0.6 is 34.8 Å². The summed E-state index contributed by atoms with van der Waals surface area (Å²) in [6, 6.07) is 8.14. The van der Waals surface area contributed by atoms with Gasteiger partial charge >= 0.3 is 0 Å². The highest BCUT2D eigenvalue weighted by Gasteiger charge is 2.16. The average Bonchev–Trinajstić information content (AvgIpc) is 2.40. The monoisotopic (exact) mass is 350 g/mol. The van der Waals surface area contributed by atoms with Crippen LogP contribution in [0.1, 0.15) is 5.56 Å². The minimum Gasteiger partial charge on any atom is -0.242 e. The van der Waals surface area contributed by atoms with Gasteiger partial charge in [0.05, 0.1) is 5.02 Å². The van der Waals surface area contributed by atoms with Gasteiger partial charge in [-0.3, -0.25) is 0 Å². The topological polar surface area (TPSA) is 59.1 Å². The lowest BCUT2D eigenvalue weighted by atomic mass is 10.2. The molecule has 2 rings (SSSR count). The molecule has 1 aromatic heterocycles. The molecule has 0 saturated heterocycles. The van der Waals surface area contributed by atoms with Crippen molar-refractivity contribution < 1.29 is 8.42 Å². The molecule has 0 aliphatic heterocycles. The number of rotatable bonds is 4. The Labute approximate surface area is 131 Å². The highest BCUT2D eigenvalue weighted by atomic mass is 35.5. The van der Waals surface area contributed by atoms with Gasteiger partial charge in [0.1, 0.15) is 10.0 Å². The summed E-state index contributed by atoms with van der Waals surface area (Å²) in [6.07, 6.45) is 1.15. The molecule has 0 radical (unpaired) electrons. The fraction of sp³-hybridized carbons (Fsp3) is 0.0833. The molecule has 0 aliphatic rings. The summed E-state index contributed by atoms with van der Waals surface area (Å²) in [5.41, 5.74) is 0.745. The van der Waals surface area contributed by atoms with Crippen molar-refractivity contribution in [2.24, 2.45) is 0 Å². The summed E-state index contributed by atoms with van der Waals surface area (Å²) in [5, 5.41) is 0.677. The van der Waals surface area contributed by atoms with Crippen molar-refractivity contribution in [3.63, 3.8) is 0 Å². The van der Waals surface area contributed by atoms with E-state index in [4.69, 9.17) is 34.8 Å². The molecule has 8 heteroatoms. The van der Waals surface area contributed by atoms with Gasteiger partial charge in [-0.25, -0.2) is 18.1 Å². The fourth-order valence-electron chi connectivity index (χ4n) is 1.46. The summed E-state index contributed by atoms with van der Waals surface area (Å²) >= 11 is 17.2. The van der Waals surface area contributed by atoms with E-state index in [2.05, 4.69) is 9.71 Å². The van der Waals surface area contributed by atoms with Crippen molar-refractivity contribution in [1.29, 1.82) is 0 Å². The van der Waals surface area contributed by atoms with Gasteiger partial charge in [-0.2, -0.15) is 0 Å². The molecule has 1 N–H and O–H groups in total. The molecule has 20 heavy (non-hydrogen) atoms. The number of benzene rings is 1. The highest BCUT2D eigenvalue weighted by molar-refractivity contribution is 7.89. The molecule has 2 aromatic rings. The zero-order valence-corrected chi connectivity index (χ0v) is 13.1. The number of hydrogen-bond donors (Lipinski definition) is 1. The van der Waals surface area contributed by atoms with Gasteiger partial charge in [-0.05, 0) is 23.8 Å². The maximum atomic E-state index is 12.1. The first-order chi connectivity index (χ1) is 9.38. The Kier molecular flexibility index (Phi) is 4.88. The van der Waals surface area contributed by atoms with Crippen molar-refractivity contribution in [1.82, 2.24) is 9.71 Å². The SMILES string of the molecule is O=S(=O)(NCc1cccc(Cl)c1)c1cnc(Cl)c(Cl)c1. The second kappa shape index (κ2) is 6.28. The van der Waals surface area contributed by atoms with Crippen LogP contribution in [0.2, 0.25) is 15.2 Å². The first-order valence-corrected chi connectivity index (χ1v) is 8.05. The largest absolute Gasteiger partial charge is 0.242 e. The number of hydrogen-bond acceptors (Lipinski definition) is 3. The van der Waals surface area contributed by atoms with Crippen LogP contribution in [-0.2, 0) is 16.6 Å². The maximum absolute atomic E-state index is 12.1. The minimum atomic E-state index is -3.71. The van der Waals surface area contributed by atoms with Crippen molar-refractivity contribution in [3.8, 4) is 0 Å². The molecule has 0 amide bonds. The maximum Gasteiger partial charge on any atom is 0.242 e. The van der Waals surface area contributed by atoms with Gasteiger partial charge in [0.15, 0.2) is 0 Å². The summed E-state index contributed by atoms with van der Waals surface area (Å²) in [7, 11) is -3.71. The van der Waals surface area contributed by atoms with Crippen LogP contribution < -0.4 is 4.72 Å². The second-order valence-corrected chi connectivity index (χ2v) is 6.87. The highest BCUT2D eigenvalue weighted by Crippen LogP contribution is 2.22. The lowest BCUT2D eigenvalue weighted by Crippen LogP contribution is -2.23. The smallest absolute Gasteiger partial charge is 0.242 e. The molecule has 0 unspecified atom stereocenters. The number of nitrogens with one attached hydrogen (secondary N) is 1. The van der Waals surface area contributed by atoms with Gasteiger partial charge in [0.25, 0.3) is 0 Å². The zero-order valence-electron chi connectivity index (χ0n) is 9.98. The Morgan fingerprint density at radius 2 is 1.90 bits per heavy atom. The molecule has 0 atom stereocenters. The molecule has 4 nitrogen and oxygen atoms in total. The fourth-order valence-corrected chi connectivity index (χ4v) is 2.99. The van der Waals surface area contributed by atoms with E-state index < -0.39 is 10.0 Å². The van der Waals surface area contributed by atoms with Crippen LogP contribution in [0.25, 0.3) is 0 Å². The molecular formula is C12H9Cl3N2O2S. The van der Waals surface area contributed by atoms with Gasteiger partial charge < -0.3 is 0 Å². The molecule has 0 fully saturated rings. The Morgan fingerprint density at radius 3 is 2.55 bits per heavy atom. The van der Waals surface area contributed by atoms with E-state index in [9.17, 15) is 8.42 Å². The third kappa shape index (κ3) is 3.84. The predicted molar refractivity (Wildman–Crippen MR) is 79.7 cm³/mol. The van der Waals surface area contributed by atoms with Crippen molar-refractivity contribution in [3.05, 3.63) is 57.3 Å². The van der Waals surface area contributed by atoms with E-state index in [-0.39, 0.29) is 21.6 Å². The normalized spacial score (nSPS) is 11.6. The summed E-state index contributed by atoms with van der Waals surface area (Å²) in [6.45, 7) is 0.114. The van der Waals surface area contributed by atoms with Gasteiger partial charge in [0.2, 0.25) is 10.0 Å². The lowest BCUT2D eigenvalue weighted by molar-refractivity contribution is 0.581. The van der Waals surface area contributed by atoms with E-state index >= 15 is 0 Å². The number of aromatic nitrogens is 1. The summed E-state index contributed by atoms with van der Waals surface area (Å²) in [5.74, 6) is 0. The van der Waals surface area contributed by atoms with Gasteiger partial charge in [0, 0.05) is 17.8 Å². The lowest BCUT2D eigenvalue weighted by Gasteiger charge is -2.07. The van der Waals surface area contributed by atoms with E-state index in [1.165, 1.54) is 6.07 Å². The molecule has 106 valence electrons. The molecule has 0 bridgehead atoms. The van der Waals surface area contributed by atoms with Crippen LogP contribution in [0, 0.1) is 0 Å². The Hall–Kier alpha value is -0.850. The van der Waals surface area contributed by atoms with E-state index in [1.54, 1.807) is 24.3 Å². The number of sulfonamides is 1. The van der Waals surface area contributed by atoms with E-state index in [0.717, 1.165) is 11.8 Å². The first kappa shape index (κ1) is 15.5. The van der Waals surface area contributed by atoms with Gasteiger partial charge in [-0.1, -0.05) is 46.9 Å². The predicted octanol–water partition coefficient (Wildman–Crippen LogP) is 3.52. The van der Waals surface area contributed by atoms with Crippen molar-refractivity contribution in [2.45, 2.75) is 11.4 Å². The van der Waals surface area contributed by atoms with Crippen LogP contribution in [0.4, 0.5) is 0 Å². The molecule has 1 aromatic carbocycles. The molecule has 0 spiro atoms. The Bertz CT molecular complexity index is 735. The minimum absolute atomic E-state index is 0.0473. The van der Waals surface area contributed by atoms with Crippen molar-refractivity contribution in [2.75, 3.05) is 0 Å². The molecule has 0 aliphatic carbocycles. The Balaban J connectivity index is 2.17. The number of nitrogens with zero attached hydrogens (tertiary/aromatic N) is 1. The summed E-state index contributed by atoms with van der Waals surface area (Å²) in [4.78, 5) is 3.66. The third-order valence-electron chi connectivity index (χ3n) is 2.44. The molecule has 1 heterocycles. The Morgan fingerprint density at radius 1 is 1.15 bits per heavy atom. The standard InChI is InChI=1S/C12H9Cl3N2O2S/c13-9-3-1-2-8(4-9)6-17-20(18,19)10-5-11(14)12(15)16-7-10/h1-5,7,17H,6H2.